The van der Waals surface area contributed by atoms with E-state index in [1.165, 1.54) is 31.2 Å². The maximum atomic E-state index is 5.91. The van der Waals surface area contributed by atoms with Crippen molar-refractivity contribution in [3.05, 3.63) is 29.0 Å². The quantitative estimate of drug-likeness (QED) is 0.771. The van der Waals surface area contributed by atoms with Gasteiger partial charge in [-0.1, -0.05) is 24.4 Å². The first-order valence-corrected chi connectivity index (χ1v) is 5.58. The Hall–Kier alpha value is -0.600. The van der Waals surface area contributed by atoms with Crippen molar-refractivity contribution in [2.24, 2.45) is 0 Å². The van der Waals surface area contributed by atoms with Crippen molar-refractivity contribution in [3.8, 4) is 0 Å². The van der Waals surface area contributed by atoms with Gasteiger partial charge in [-0.05, 0) is 31.0 Å². The molecule has 1 unspecified atom stereocenters. The van der Waals surface area contributed by atoms with Gasteiger partial charge in [-0.15, -0.1) is 0 Å². The first-order chi connectivity index (χ1) is 6.86. The van der Waals surface area contributed by atoms with Crippen molar-refractivity contribution in [2.75, 3.05) is 6.54 Å². The van der Waals surface area contributed by atoms with Crippen molar-refractivity contribution < 1.29 is 0 Å². The minimum atomic E-state index is 0.448. The molecule has 1 atom stereocenters. The van der Waals surface area contributed by atoms with Crippen molar-refractivity contribution >= 4 is 11.6 Å². The summed E-state index contributed by atoms with van der Waals surface area (Å²) in [7, 11) is 0. The van der Waals surface area contributed by atoms with Gasteiger partial charge in [0.1, 0.15) is 0 Å². The Morgan fingerprint density at radius 1 is 1.29 bits per heavy atom. The van der Waals surface area contributed by atoms with E-state index in [2.05, 4.69) is 10.3 Å². The highest BCUT2D eigenvalue weighted by atomic mass is 35.5. The molecule has 0 bridgehead atoms. The second kappa shape index (κ2) is 4.76. The molecule has 1 aromatic heterocycles. The standard InChI is InChI=1S/C11H15ClN2/c12-10-6-9(7-13-8-10)11-4-2-1-3-5-14-11/h6-8,11,14H,1-5H2. The molecule has 0 radical (unpaired) electrons. The Kier molecular flexibility index (Phi) is 3.38. The van der Waals surface area contributed by atoms with E-state index < -0.39 is 0 Å². The molecule has 2 rings (SSSR count). The van der Waals surface area contributed by atoms with Crippen LogP contribution in [0.1, 0.15) is 37.3 Å². The summed E-state index contributed by atoms with van der Waals surface area (Å²) in [4.78, 5) is 4.12. The van der Waals surface area contributed by atoms with Gasteiger partial charge in [0.05, 0.1) is 5.02 Å². The second-order valence-corrected chi connectivity index (χ2v) is 4.23. The molecule has 14 heavy (non-hydrogen) atoms. The molecule has 0 aromatic carbocycles. The second-order valence-electron chi connectivity index (χ2n) is 3.79. The van der Waals surface area contributed by atoms with Crippen LogP contribution in [0.4, 0.5) is 0 Å². The number of rotatable bonds is 1. The summed E-state index contributed by atoms with van der Waals surface area (Å²) in [5.41, 5.74) is 1.22. The number of aromatic nitrogens is 1. The largest absolute Gasteiger partial charge is 0.310 e. The van der Waals surface area contributed by atoms with Crippen molar-refractivity contribution in [1.82, 2.24) is 10.3 Å². The van der Waals surface area contributed by atoms with Crippen molar-refractivity contribution in [3.63, 3.8) is 0 Å². The predicted molar refractivity (Wildman–Crippen MR) is 58.5 cm³/mol. The van der Waals surface area contributed by atoms with Gasteiger partial charge in [0, 0.05) is 18.4 Å². The minimum absolute atomic E-state index is 0.448. The van der Waals surface area contributed by atoms with Crippen LogP contribution in [0.5, 0.6) is 0 Å². The lowest BCUT2D eigenvalue weighted by Gasteiger charge is -2.15. The smallest absolute Gasteiger partial charge is 0.0592 e. The normalized spacial score (nSPS) is 23.1. The molecule has 0 aliphatic carbocycles. The van der Waals surface area contributed by atoms with E-state index in [4.69, 9.17) is 11.6 Å². The fourth-order valence-electron chi connectivity index (χ4n) is 1.93. The van der Waals surface area contributed by atoms with Crippen LogP contribution < -0.4 is 5.32 Å². The van der Waals surface area contributed by atoms with Crippen LogP contribution in [0, 0.1) is 0 Å². The number of nitrogens with zero attached hydrogens (tertiary/aromatic N) is 1. The number of hydrogen-bond donors (Lipinski definition) is 1. The highest BCUT2D eigenvalue weighted by Crippen LogP contribution is 2.23. The molecule has 0 amide bonds. The Labute approximate surface area is 89.7 Å². The Morgan fingerprint density at radius 2 is 2.21 bits per heavy atom. The third kappa shape index (κ3) is 2.46. The average Bonchev–Trinajstić information content (AvgIpc) is 2.45. The van der Waals surface area contributed by atoms with Crippen LogP contribution in [-0.4, -0.2) is 11.5 Å². The summed E-state index contributed by atoms with van der Waals surface area (Å²) in [6.45, 7) is 1.11. The van der Waals surface area contributed by atoms with E-state index in [-0.39, 0.29) is 0 Å². The van der Waals surface area contributed by atoms with Gasteiger partial charge in [-0.25, -0.2) is 0 Å². The molecule has 3 heteroatoms. The third-order valence-electron chi connectivity index (χ3n) is 2.69. The van der Waals surface area contributed by atoms with Crippen molar-refractivity contribution in [2.45, 2.75) is 31.7 Å². The zero-order chi connectivity index (χ0) is 9.80. The van der Waals surface area contributed by atoms with Crippen molar-refractivity contribution in [1.29, 1.82) is 0 Å². The predicted octanol–water partition coefficient (Wildman–Crippen LogP) is 2.94. The first kappa shape index (κ1) is 9.94. The van der Waals surface area contributed by atoms with E-state index in [1.807, 2.05) is 12.3 Å². The topological polar surface area (TPSA) is 24.9 Å². The summed E-state index contributed by atoms with van der Waals surface area (Å²) in [6, 6.07) is 2.46. The Bertz CT molecular complexity index is 293. The van der Waals surface area contributed by atoms with Crippen LogP contribution in [0.25, 0.3) is 0 Å². The van der Waals surface area contributed by atoms with Gasteiger partial charge in [-0.3, -0.25) is 4.98 Å². The fourth-order valence-corrected chi connectivity index (χ4v) is 2.11. The van der Waals surface area contributed by atoms with Gasteiger partial charge in [-0.2, -0.15) is 0 Å². The van der Waals surface area contributed by atoms with Crippen LogP contribution in [0.3, 0.4) is 0 Å². The highest BCUT2D eigenvalue weighted by molar-refractivity contribution is 6.30. The van der Waals surface area contributed by atoms with E-state index in [1.54, 1.807) is 6.20 Å². The van der Waals surface area contributed by atoms with Gasteiger partial charge in [0.25, 0.3) is 0 Å². The lowest BCUT2D eigenvalue weighted by Crippen LogP contribution is -2.20. The minimum Gasteiger partial charge on any atom is -0.310 e. The van der Waals surface area contributed by atoms with Gasteiger partial charge < -0.3 is 5.32 Å². The molecule has 1 N–H and O–H groups in total. The summed E-state index contributed by atoms with van der Waals surface area (Å²) >= 11 is 5.91. The molecule has 1 aromatic rings. The molecule has 1 fully saturated rings. The lowest BCUT2D eigenvalue weighted by molar-refractivity contribution is 0.533. The molecule has 1 aliphatic heterocycles. The molecule has 0 spiro atoms. The van der Waals surface area contributed by atoms with E-state index in [0.29, 0.717) is 6.04 Å². The summed E-state index contributed by atoms with van der Waals surface area (Å²) < 4.78 is 0. The number of nitrogens with one attached hydrogen (secondary N) is 1. The van der Waals surface area contributed by atoms with E-state index in [9.17, 15) is 0 Å². The molecular formula is C11H15ClN2. The molecule has 0 saturated carbocycles. The van der Waals surface area contributed by atoms with Gasteiger partial charge >= 0.3 is 0 Å². The Balaban J connectivity index is 2.12. The molecular weight excluding hydrogens is 196 g/mol. The van der Waals surface area contributed by atoms with E-state index >= 15 is 0 Å². The SMILES string of the molecule is Clc1cncc(C2CCCCCN2)c1. The molecule has 1 saturated heterocycles. The maximum Gasteiger partial charge on any atom is 0.0592 e. The summed E-state index contributed by atoms with van der Waals surface area (Å²) in [6.07, 6.45) is 8.70. The summed E-state index contributed by atoms with van der Waals surface area (Å²) in [5, 5.41) is 4.26. The number of halogens is 1. The number of pyridine rings is 1. The first-order valence-electron chi connectivity index (χ1n) is 5.20. The van der Waals surface area contributed by atoms with E-state index in [0.717, 1.165) is 11.6 Å². The van der Waals surface area contributed by atoms with Crippen LogP contribution in [0.15, 0.2) is 18.5 Å². The zero-order valence-corrected chi connectivity index (χ0v) is 8.93. The molecule has 2 heterocycles. The maximum absolute atomic E-state index is 5.91. The van der Waals surface area contributed by atoms with Gasteiger partial charge in [0.15, 0.2) is 0 Å². The Morgan fingerprint density at radius 3 is 3.07 bits per heavy atom. The van der Waals surface area contributed by atoms with Crippen LogP contribution in [-0.2, 0) is 0 Å². The average molecular weight is 211 g/mol. The number of hydrogen-bond acceptors (Lipinski definition) is 2. The van der Waals surface area contributed by atoms with Gasteiger partial charge in [0.2, 0.25) is 0 Å². The van der Waals surface area contributed by atoms with Crippen LogP contribution >= 0.6 is 11.6 Å². The highest BCUT2D eigenvalue weighted by Gasteiger charge is 2.13. The fraction of sp³-hybridized carbons (Fsp3) is 0.545. The molecule has 76 valence electrons. The molecule has 1 aliphatic rings. The third-order valence-corrected chi connectivity index (χ3v) is 2.90. The van der Waals surface area contributed by atoms with Crippen LogP contribution in [0.2, 0.25) is 5.02 Å². The monoisotopic (exact) mass is 210 g/mol. The zero-order valence-electron chi connectivity index (χ0n) is 8.17. The summed E-state index contributed by atoms with van der Waals surface area (Å²) in [5.74, 6) is 0. The lowest BCUT2D eigenvalue weighted by atomic mass is 10.0. The molecule has 2 nitrogen and oxygen atoms in total.